The Morgan fingerprint density at radius 2 is 1.77 bits per heavy atom. The summed E-state index contributed by atoms with van der Waals surface area (Å²) in [4.78, 5) is 20.6. The van der Waals surface area contributed by atoms with Gasteiger partial charge in [0.1, 0.15) is 4.83 Å². The summed E-state index contributed by atoms with van der Waals surface area (Å²) in [5, 5.41) is 3.23. The van der Waals surface area contributed by atoms with Crippen LogP contribution in [0.4, 0.5) is 13.2 Å². The fraction of sp³-hybridized carbons (Fsp3) is 0.0625. The first-order valence-electron chi connectivity index (χ1n) is 7.14. The third kappa shape index (κ3) is 2.97. The van der Waals surface area contributed by atoms with Crippen molar-refractivity contribution < 1.29 is 13.2 Å². The van der Waals surface area contributed by atoms with Gasteiger partial charge in [-0.25, -0.2) is 14.5 Å². The molecule has 0 saturated heterocycles. The number of hydrogen-bond donors (Lipinski definition) is 0. The predicted molar refractivity (Wildman–Crippen MR) is 99.0 cm³/mol. The molecule has 0 atom stereocenters. The summed E-state index contributed by atoms with van der Waals surface area (Å²) in [6.07, 6.45) is -4.78. The normalized spacial score (nSPS) is 12.0. The minimum absolute atomic E-state index is 0.0586. The number of halogens is 4. The number of fused-ring (bicyclic) bond motifs is 1. The lowest BCUT2D eigenvalue weighted by Crippen LogP contribution is -2.28. The second kappa shape index (κ2) is 6.29. The highest BCUT2D eigenvalue weighted by Gasteiger charge is 2.38. The van der Waals surface area contributed by atoms with Crippen LogP contribution < -0.4 is 5.56 Å². The minimum Gasteiger partial charge on any atom is -0.268 e. The molecular weight excluding hydrogens is 451 g/mol. The molecule has 0 aliphatic carbocycles. The molecule has 0 amide bonds. The fourth-order valence-corrected chi connectivity index (χ4v) is 4.25. The number of thiazole rings is 1. The van der Waals surface area contributed by atoms with Crippen LogP contribution in [0.1, 0.15) is 5.82 Å². The van der Waals surface area contributed by atoms with Crippen molar-refractivity contribution in [2.45, 2.75) is 6.18 Å². The van der Waals surface area contributed by atoms with Crippen LogP contribution in [0.15, 0.2) is 50.4 Å². The smallest absolute Gasteiger partial charge is 0.268 e. The molecule has 4 rings (SSSR count). The molecule has 0 N–H and O–H groups in total. The van der Waals surface area contributed by atoms with E-state index in [0.29, 0.717) is 10.3 Å². The highest BCUT2D eigenvalue weighted by Crippen LogP contribution is 2.32. The Morgan fingerprint density at radius 3 is 2.46 bits per heavy atom. The third-order valence-electron chi connectivity index (χ3n) is 3.57. The Balaban J connectivity index is 1.93. The average molecular weight is 458 g/mol. The highest BCUT2D eigenvalue weighted by atomic mass is 79.9. The largest absolute Gasteiger partial charge is 0.450 e. The molecule has 1 aromatic carbocycles. The van der Waals surface area contributed by atoms with E-state index in [-0.39, 0.29) is 15.3 Å². The van der Waals surface area contributed by atoms with Crippen molar-refractivity contribution in [1.82, 2.24) is 14.5 Å². The molecule has 4 nitrogen and oxygen atoms in total. The van der Waals surface area contributed by atoms with E-state index in [2.05, 4.69) is 25.9 Å². The summed E-state index contributed by atoms with van der Waals surface area (Å²) >= 11 is 5.28. The Hall–Kier alpha value is -2.04. The molecule has 0 radical (unpaired) electrons. The van der Waals surface area contributed by atoms with E-state index in [9.17, 15) is 18.0 Å². The molecule has 0 spiro atoms. The molecule has 0 fully saturated rings. The van der Waals surface area contributed by atoms with Crippen molar-refractivity contribution in [3.8, 4) is 16.4 Å². The lowest BCUT2D eigenvalue weighted by molar-refractivity contribution is -0.146. The number of benzene rings is 1. The topological polar surface area (TPSA) is 47.8 Å². The number of rotatable bonds is 2. The van der Waals surface area contributed by atoms with Crippen LogP contribution in [0.3, 0.4) is 0 Å². The highest BCUT2D eigenvalue weighted by molar-refractivity contribution is 9.10. The van der Waals surface area contributed by atoms with E-state index in [0.717, 1.165) is 32.7 Å². The summed E-state index contributed by atoms with van der Waals surface area (Å²) in [7, 11) is 0. The summed E-state index contributed by atoms with van der Waals surface area (Å²) in [5.41, 5.74) is 0.449. The van der Waals surface area contributed by atoms with E-state index in [1.54, 1.807) is 35.0 Å². The second-order valence-electron chi connectivity index (χ2n) is 5.24. The van der Waals surface area contributed by atoms with Crippen molar-refractivity contribution >= 4 is 48.8 Å². The van der Waals surface area contributed by atoms with Crippen molar-refractivity contribution in [3.63, 3.8) is 0 Å². The molecular formula is C16H7BrF3N3OS2. The first-order chi connectivity index (χ1) is 12.3. The van der Waals surface area contributed by atoms with Crippen molar-refractivity contribution in [2.24, 2.45) is 0 Å². The first-order valence-corrected chi connectivity index (χ1v) is 9.69. The molecule has 0 bridgehead atoms. The van der Waals surface area contributed by atoms with Crippen LogP contribution in [0.25, 0.3) is 26.6 Å². The summed E-state index contributed by atoms with van der Waals surface area (Å²) in [6.45, 7) is 0. The molecule has 0 aliphatic heterocycles. The molecule has 0 unspecified atom stereocenters. The Kier molecular flexibility index (Phi) is 4.20. The SMILES string of the molecule is O=c1c2ccsc2nc(C(F)(F)F)n1-c1nc(-c2ccc(Br)cc2)cs1. The van der Waals surface area contributed by atoms with Crippen LogP contribution in [-0.2, 0) is 6.18 Å². The van der Waals surface area contributed by atoms with Gasteiger partial charge >= 0.3 is 6.18 Å². The van der Waals surface area contributed by atoms with E-state index < -0.39 is 17.6 Å². The van der Waals surface area contributed by atoms with Gasteiger partial charge < -0.3 is 0 Å². The zero-order valence-electron chi connectivity index (χ0n) is 12.6. The quantitative estimate of drug-likeness (QED) is 0.407. The van der Waals surface area contributed by atoms with Crippen LogP contribution in [0, 0.1) is 0 Å². The van der Waals surface area contributed by atoms with Gasteiger partial charge in [-0.1, -0.05) is 28.1 Å². The van der Waals surface area contributed by atoms with E-state index in [1.807, 2.05) is 0 Å². The van der Waals surface area contributed by atoms with Gasteiger partial charge in [-0.3, -0.25) is 4.79 Å². The summed E-state index contributed by atoms with van der Waals surface area (Å²) in [6, 6.07) is 8.66. The lowest BCUT2D eigenvalue weighted by Gasteiger charge is -2.12. The molecule has 132 valence electrons. The van der Waals surface area contributed by atoms with Crippen molar-refractivity contribution in [1.29, 1.82) is 0 Å². The maximum Gasteiger partial charge on any atom is 0.450 e. The molecule has 3 aromatic heterocycles. The summed E-state index contributed by atoms with van der Waals surface area (Å²) in [5.74, 6) is -1.27. The van der Waals surface area contributed by atoms with Crippen molar-refractivity contribution in [2.75, 3.05) is 0 Å². The maximum atomic E-state index is 13.5. The zero-order chi connectivity index (χ0) is 18.5. The summed E-state index contributed by atoms with van der Waals surface area (Å²) < 4.78 is 41.8. The van der Waals surface area contributed by atoms with Crippen LogP contribution >= 0.6 is 38.6 Å². The lowest BCUT2D eigenvalue weighted by atomic mass is 10.2. The first kappa shape index (κ1) is 17.4. The van der Waals surface area contributed by atoms with Gasteiger partial charge in [-0.05, 0) is 23.6 Å². The van der Waals surface area contributed by atoms with Gasteiger partial charge in [-0.2, -0.15) is 13.2 Å². The van der Waals surface area contributed by atoms with Crippen LogP contribution in [0.2, 0.25) is 0 Å². The van der Waals surface area contributed by atoms with Crippen LogP contribution in [-0.4, -0.2) is 14.5 Å². The fourth-order valence-electron chi connectivity index (χ4n) is 2.40. The number of hydrogen-bond acceptors (Lipinski definition) is 5. The molecule has 0 saturated carbocycles. The second-order valence-corrected chi connectivity index (χ2v) is 7.88. The van der Waals surface area contributed by atoms with E-state index in [4.69, 9.17) is 0 Å². The molecule has 0 aliphatic rings. The van der Waals surface area contributed by atoms with Crippen molar-refractivity contribution in [3.05, 3.63) is 61.7 Å². The van der Waals surface area contributed by atoms with Gasteiger partial charge in [0, 0.05) is 15.4 Å². The Morgan fingerprint density at radius 1 is 1.04 bits per heavy atom. The number of nitrogens with zero attached hydrogens (tertiary/aromatic N) is 3. The van der Waals surface area contributed by atoms with Gasteiger partial charge in [0.15, 0.2) is 5.13 Å². The third-order valence-corrected chi connectivity index (χ3v) is 5.74. The zero-order valence-corrected chi connectivity index (χ0v) is 15.8. The average Bonchev–Trinajstić information content (AvgIpc) is 3.23. The molecule has 4 aromatic rings. The van der Waals surface area contributed by atoms with E-state index in [1.165, 1.54) is 6.07 Å². The van der Waals surface area contributed by atoms with Gasteiger partial charge in [0.25, 0.3) is 5.56 Å². The van der Waals surface area contributed by atoms with Gasteiger partial charge in [-0.15, -0.1) is 22.7 Å². The molecule has 26 heavy (non-hydrogen) atoms. The van der Waals surface area contributed by atoms with Crippen LogP contribution in [0.5, 0.6) is 0 Å². The minimum atomic E-state index is -4.78. The standard InChI is InChI=1S/C16H7BrF3N3OS2/c17-9-3-1-8(2-4-9)11-7-26-15(21-11)23-13(24)10-5-6-25-12(10)22-14(23)16(18,19)20/h1-7H. The number of aromatic nitrogens is 3. The Labute approximate surface area is 160 Å². The monoisotopic (exact) mass is 457 g/mol. The predicted octanol–water partition coefficient (Wildman–Crippen LogP) is 5.35. The van der Waals surface area contributed by atoms with E-state index >= 15 is 0 Å². The number of alkyl halides is 3. The Bertz CT molecular complexity index is 1160. The maximum absolute atomic E-state index is 13.5. The van der Waals surface area contributed by atoms with Gasteiger partial charge in [0.2, 0.25) is 5.82 Å². The molecule has 3 heterocycles. The molecule has 10 heteroatoms. The number of thiophene rings is 1. The van der Waals surface area contributed by atoms with Gasteiger partial charge in [0.05, 0.1) is 11.1 Å².